The fraction of sp³-hybridized carbons (Fsp3) is 0.231. The minimum atomic E-state index is 0.232. The third-order valence-electron chi connectivity index (χ3n) is 2.34. The highest BCUT2D eigenvalue weighted by Gasteiger charge is 2.04. The van der Waals surface area contributed by atoms with Gasteiger partial charge in [-0.3, -0.25) is 9.78 Å². The number of nitrogens with zero attached hydrogens (tertiary/aromatic N) is 1. The lowest BCUT2D eigenvalue weighted by Gasteiger charge is -2.01. The predicted molar refractivity (Wildman–Crippen MR) is 68.8 cm³/mol. The van der Waals surface area contributed by atoms with Gasteiger partial charge in [-0.1, -0.05) is 24.3 Å². The van der Waals surface area contributed by atoms with Gasteiger partial charge < -0.3 is 0 Å². The largest absolute Gasteiger partial charge is 0.298 e. The Balaban J connectivity index is 2.22. The lowest BCUT2D eigenvalue weighted by atomic mass is 10.1. The van der Waals surface area contributed by atoms with E-state index in [4.69, 9.17) is 0 Å². The summed E-state index contributed by atoms with van der Waals surface area (Å²) in [6.45, 7) is 0. The minimum absolute atomic E-state index is 0.232. The Morgan fingerprint density at radius 3 is 2.88 bits per heavy atom. The molecule has 2 nitrogen and oxygen atoms in total. The van der Waals surface area contributed by atoms with E-state index in [1.165, 1.54) is 0 Å². The van der Waals surface area contributed by atoms with Crippen LogP contribution >= 0.6 is 11.8 Å². The maximum Gasteiger partial charge on any atom is 0.148 e. The van der Waals surface area contributed by atoms with Gasteiger partial charge in [-0.05, 0) is 18.4 Å². The SMILES string of the molecule is CSCC(=O)Cc1ccc2ccccc2n1. The third-order valence-corrected chi connectivity index (χ3v) is 2.95. The molecule has 0 aliphatic carbocycles. The van der Waals surface area contributed by atoms with Crippen molar-refractivity contribution in [1.29, 1.82) is 0 Å². The molecule has 0 N–H and O–H groups in total. The van der Waals surface area contributed by atoms with Gasteiger partial charge in [0, 0.05) is 17.5 Å². The van der Waals surface area contributed by atoms with Crippen molar-refractivity contribution in [3.8, 4) is 0 Å². The summed E-state index contributed by atoms with van der Waals surface area (Å²) in [6, 6.07) is 11.9. The smallest absolute Gasteiger partial charge is 0.148 e. The summed E-state index contributed by atoms with van der Waals surface area (Å²) in [5.41, 5.74) is 1.81. The highest BCUT2D eigenvalue weighted by atomic mass is 32.2. The number of para-hydroxylation sites is 1. The second-order valence-corrected chi connectivity index (χ2v) is 4.51. The van der Waals surface area contributed by atoms with Crippen molar-refractivity contribution in [2.75, 3.05) is 12.0 Å². The van der Waals surface area contributed by atoms with Gasteiger partial charge in [0.15, 0.2) is 0 Å². The standard InChI is InChI=1S/C13H13NOS/c1-16-9-12(15)8-11-7-6-10-4-2-3-5-13(10)14-11/h2-7H,8-9H2,1H3. The summed E-state index contributed by atoms with van der Waals surface area (Å²) in [5.74, 6) is 0.796. The summed E-state index contributed by atoms with van der Waals surface area (Å²) >= 11 is 1.56. The predicted octanol–water partition coefficient (Wildman–Crippen LogP) is 2.71. The molecule has 16 heavy (non-hydrogen) atoms. The van der Waals surface area contributed by atoms with Crippen LogP contribution in [0.3, 0.4) is 0 Å². The van der Waals surface area contributed by atoms with Gasteiger partial charge in [0.25, 0.3) is 0 Å². The number of hydrogen-bond donors (Lipinski definition) is 0. The number of aromatic nitrogens is 1. The molecule has 0 amide bonds. The Morgan fingerprint density at radius 1 is 1.25 bits per heavy atom. The Kier molecular flexibility index (Phi) is 3.57. The Labute approximate surface area is 99.1 Å². The molecule has 0 fully saturated rings. The molecule has 0 saturated carbocycles. The van der Waals surface area contributed by atoms with Crippen molar-refractivity contribution in [2.24, 2.45) is 0 Å². The van der Waals surface area contributed by atoms with E-state index in [-0.39, 0.29) is 5.78 Å². The van der Waals surface area contributed by atoms with E-state index >= 15 is 0 Å². The number of hydrogen-bond acceptors (Lipinski definition) is 3. The zero-order chi connectivity index (χ0) is 11.4. The molecule has 1 heterocycles. The van der Waals surface area contributed by atoms with Gasteiger partial charge in [0.1, 0.15) is 5.78 Å². The van der Waals surface area contributed by atoms with Crippen molar-refractivity contribution in [3.63, 3.8) is 0 Å². The number of thioether (sulfide) groups is 1. The molecule has 1 aromatic carbocycles. The van der Waals surface area contributed by atoms with E-state index in [0.717, 1.165) is 16.6 Å². The number of pyridine rings is 1. The highest BCUT2D eigenvalue weighted by molar-refractivity contribution is 7.99. The molecule has 0 aliphatic rings. The first-order valence-corrected chi connectivity index (χ1v) is 6.54. The normalized spacial score (nSPS) is 10.6. The van der Waals surface area contributed by atoms with E-state index in [0.29, 0.717) is 12.2 Å². The number of benzene rings is 1. The fourth-order valence-electron chi connectivity index (χ4n) is 1.62. The molecular formula is C13H13NOS. The molecule has 2 rings (SSSR count). The number of carbonyl (C=O) groups excluding carboxylic acids is 1. The fourth-order valence-corrected chi connectivity index (χ4v) is 2.04. The molecule has 0 spiro atoms. The minimum Gasteiger partial charge on any atom is -0.298 e. The average Bonchev–Trinajstić information content (AvgIpc) is 2.29. The number of ketones is 1. The van der Waals surface area contributed by atoms with Crippen LogP contribution < -0.4 is 0 Å². The van der Waals surface area contributed by atoms with Crippen molar-refractivity contribution < 1.29 is 4.79 Å². The maximum atomic E-state index is 11.5. The summed E-state index contributed by atoms with van der Waals surface area (Å²) in [7, 11) is 0. The average molecular weight is 231 g/mol. The maximum absolute atomic E-state index is 11.5. The lowest BCUT2D eigenvalue weighted by Crippen LogP contribution is -2.06. The summed E-state index contributed by atoms with van der Waals surface area (Å²) < 4.78 is 0. The van der Waals surface area contributed by atoms with Gasteiger partial charge in [-0.2, -0.15) is 11.8 Å². The molecular weight excluding hydrogens is 218 g/mol. The molecule has 0 bridgehead atoms. The summed E-state index contributed by atoms with van der Waals surface area (Å²) in [4.78, 5) is 16.0. The molecule has 0 atom stereocenters. The molecule has 0 aliphatic heterocycles. The van der Waals surface area contributed by atoms with Crippen molar-refractivity contribution in [2.45, 2.75) is 6.42 Å². The van der Waals surface area contributed by atoms with Gasteiger partial charge in [-0.15, -0.1) is 0 Å². The Bertz CT molecular complexity index is 510. The van der Waals surface area contributed by atoms with Crippen LogP contribution in [0.25, 0.3) is 10.9 Å². The van der Waals surface area contributed by atoms with E-state index in [1.807, 2.05) is 42.7 Å². The zero-order valence-corrected chi connectivity index (χ0v) is 9.96. The molecule has 0 radical (unpaired) electrons. The number of rotatable bonds is 4. The van der Waals surface area contributed by atoms with Crippen LogP contribution in [-0.2, 0) is 11.2 Å². The monoisotopic (exact) mass is 231 g/mol. The Hall–Kier alpha value is -1.35. The highest BCUT2D eigenvalue weighted by Crippen LogP contribution is 2.12. The number of Topliss-reactive ketones (excluding diaryl/α,β-unsaturated/α-hetero) is 1. The molecule has 2 aromatic rings. The summed E-state index contributed by atoms with van der Waals surface area (Å²) in [6.07, 6.45) is 2.37. The number of fused-ring (bicyclic) bond motifs is 1. The van der Waals surface area contributed by atoms with E-state index in [1.54, 1.807) is 11.8 Å². The van der Waals surface area contributed by atoms with Crippen LogP contribution in [0.4, 0.5) is 0 Å². The molecule has 1 aromatic heterocycles. The zero-order valence-electron chi connectivity index (χ0n) is 9.14. The Morgan fingerprint density at radius 2 is 2.06 bits per heavy atom. The van der Waals surface area contributed by atoms with Crippen LogP contribution in [0, 0.1) is 0 Å². The molecule has 0 saturated heterocycles. The van der Waals surface area contributed by atoms with Crippen molar-refractivity contribution in [3.05, 3.63) is 42.1 Å². The van der Waals surface area contributed by atoms with E-state index < -0.39 is 0 Å². The molecule has 82 valence electrons. The first-order valence-electron chi connectivity index (χ1n) is 5.15. The molecule has 3 heteroatoms. The lowest BCUT2D eigenvalue weighted by molar-refractivity contribution is -0.116. The van der Waals surface area contributed by atoms with Crippen molar-refractivity contribution in [1.82, 2.24) is 4.98 Å². The molecule has 0 unspecified atom stereocenters. The summed E-state index contributed by atoms with van der Waals surface area (Å²) in [5, 5.41) is 1.11. The van der Waals surface area contributed by atoms with Gasteiger partial charge in [0.05, 0.1) is 11.3 Å². The second-order valence-electron chi connectivity index (χ2n) is 3.64. The van der Waals surface area contributed by atoms with Crippen LogP contribution in [0.5, 0.6) is 0 Å². The quantitative estimate of drug-likeness (QED) is 0.810. The van der Waals surface area contributed by atoms with Crippen LogP contribution in [0.1, 0.15) is 5.69 Å². The second kappa shape index (κ2) is 5.12. The van der Waals surface area contributed by atoms with Crippen molar-refractivity contribution >= 4 is 28.4 Å². The van der Waals surface area contributed by atoms with Crippen LogP contribution in [0.15, 0.2) is 36.4 Å². The topological polar surface area (TPSA) is 30.0 Å². The van der Waals surface area contributed by atoms with Gasteiger partial charge in [0.2, 0.25) is 0 Å². The first kappa shape index (κ1) is 11.1. The van der Waals surface area contributed by atoms with Crippen LogP contribution in [-0.4, -0.2) is 22.8 Å². The van der Waals surface area contributed by atoms with Crippen LogP contribution in [0.2, 0.25) is 0 Å². The number of carbonyl (C=O) groups is 1. The van der Waals surface area contributed by atoms with E-state index in [9.17, 15) is 4.79 Å². The third kappa shape index (κ3) is 2.61. The van der Waals surface area contributed by atoms with Gasteiger partial charge >= 0.3 is 0 Å². The van der Waals surface area contributed by atoms with E-state index in [2.05, 4.69) is 4.98 Å². The first-order chi connectivity index (χ1) is 7.79. The van der Waals surface area contributed by atoms with Gasteiger partial charge in [-0.25, -0.2) is 0 Å².